The van der Waals surface area contributed by atoms with Crippen LogP contribution in [0.2, 0.25) is 0 Å². The van der Waals surface area contributed by atoms with Gasteiger partial charge in [0.15, 0.2) is 0 Å². The minimum Gasteiger partial charge on any atom is -0.453 e. The number of anilines is 1. The number of nitrogens with one attached hydrogen (secondary N) is 3. The molecule has 6 N–H and O–H groups in total. The molecule has 1 aromatic heterocycles. The number of benzene rings is 2. The van der Waals surface area contributed by atoms with Crippen LogP contribution in [-0.2, 0) is 27.2 Å². The number of alkyl carbamates (subject to hydrolysis) is 1. The molecule has 0 aliphatic carbocycles. The molecule has 20 heteroatoms. The summed E-state index contributed by atoms with van der Waals surface area (Å²) in [6.45, 7) is 2.64. The van der Waals surface area contributed by atoms with Crippen molar-refractivity contribution in [1.82, 2.24) is 25.8 Å². The van der Waals surface area contributed by atoms with Crippen LogP contribution in [0, 0.1) is 28.9 Å². The number of piperazine rings is 1. The average molecular weight is 919 g/mol. The molecule has 3 aromatic rings. The molecule has 2 aliphatic rings. The first-order chi connectivity index (χ1) is 30.9. The SMILES string of the molecule is COC(=O)N[C@H](C(=O)N[C@@H](Cc1ccc(C#Cc2ccc(N3CCN(C4CCOCC4)CC3)nc2)cc1)[C@@H](O)CNCc1c(F)cc(C(C=NC(F)F)=CN)cc1F)C(C)(C)C(F)(F)F. The number of aliphatic hydroxyl groups is 1. The number of aromatic nitrogens is 1. The van der Waals surface area contributed by atoms with Crippen LogP contribution in [0.3, 0.4) is 0 Å². The van der Waals surface area contributed by atoms with Gasteiger partial charge in [0.05, 0.1) is 24.7 Å². The number of halogens is 7. The highest BCUT2D eigenvalue weighted by Crippen LogP contribution is 2.40. The molecule has 0 saturated carbocycles. The van der Waals surface area contributed by atoms with Crippen molar-refractivity contribution in [2.45, 2.75) is 76.6 Å². The van der Waals surface area contributed by atoms with E-state index < -0.39 is 78.6 Å². The third-order valence-corrected chi connectivity index (χ3v) is 11.4. The minimum atomic E-state index is -4.98. The Morgan fingerprint density at radius 2 is 1.63 bits per heavy atom. The Balaban J connectivity index is 1.28. The normalized spacial score (nSPS) is 17.0. The maximum atomic E-state index is 15.1. The number of carbonyl (C=O) groups is 2. The van der Waals surface area contributed by atoms with Crippen molar-refractivity contribution in [2.75, 3.05) is 57.9 Å². The number of ether oxygens (including phenoxy) is 2. The molecule has 3 atom stereocenters. The van der Waals surface area contributed by atoms with Gasteiger partial charge in [0.1, 0.15) is 23.5 Å². The maximum absolute atomic E-state index is 15.1. The average Bonchev–Trinajstić information content (AvgIpc) is 3.28. The molecule has 2 amide bonds. The Morgan fingerprint density at radius 1 is 1.00 bits per heavy atom. The number of nitrogens with two attached hydrogens (primary N) is 1. The largest absolute Gasteiger partial charge is 0.453 e. The predicted octanol–water partition coefficient (Wildman–Crippen LogP) is 5.14. The van der Waals surface area contributed by atoms with E-state index >= 15 is 8.78 Å². The second kappa shape index (κ2) is 22.9. The Labute approximate surface area is 372 Å². The van der Waals surface area contributed by atoms with Crippen LogP contribution in [-0.4, -0.2) is 123 Å². The van der Waals surface area contributed by atoms with Gasteiger partial charge in [-0.05, 0) is 80.6 Å². The van der Waals surface area contributed by atoms with Gasteiger partial charge in [-0.2, -0.15) is 22.0 Å². The summed E-state index contributed by atoms with van der Waals surface area (Å²) in [5, 5.41) is 18.4. The third-order valence-electron chi connectivity index (χ3n) is 11.4. The fraction of sp³-hybridized carbons (Fsp3) is 0.467. The highest BCUT2D eigenvalue weighted by molar-refractivity contribution is 6.09. The van der Waals surface area contributed by atoms with Crippen molar-refractivity contribution in [3.63, 3.8) is 0 Å². The predicted molar refractivity (Wildman–Crippen MR) is 230 cm³/mol. The number of methoxy groups -OCH3 is 1. The zero-order valence-electron chi connectivity index (χ0n) is 36.1. The molecule has 3 heterocycles. The van der Waals surface area contributed by atoms with Crippen LogP contribution in [0.25, 0.3) is 5.57 Å². The van der Waals surface area contributed by atoms with Crippen molar-refractivity contribution in [2.24, 2.45) is 16.1 Å². The lowest BCUT2D eigenvalue weighted by atomic mass is 9.82. The van der Waals surface area contributed by atoms with Crippen LogP contribution in [0.15, 0.2) is 65.9 Å². The van der Waals surface area contributed by atoms with Gasteiger partial charge in [0, 0.05) is 99.4 Å². The third kappa shape index (κ3) is 13.9. The van der Waals surface area contributed by atoms with E-state index in [0.717, 1.165) is 83.5 Å². The van der Waals surface area contributed by atoms with Crippen molar-refractivity contribution in [3.8, 4) is 11.8 Å². The lowest BCUT2D eigenvalue weighted by Crippen LogP contribution is -2.62. The molecule has 13 nitrogen and oxygen atoms in total. The van der Waals surface area contributed by atoms with Gasteiger partial charge < -0.3 is 41.2 Å². The molecule has 0 bridgehead atoms. The number of hydrogen-bond donors (Lipinski definition) is 5. The molecular weight excluding hydrogens is 866 g/mol. The molecular formula is C45H53F7N8O5. The number of carbonyl (C=O) groups excluding carboxylic acids is 2. The monoisotopic (exact) mass is 918 g/mol. The molecule has 2 aromatic carbocycles. The van der Waals surface area contributed by atoms with Gasteiger partial charge in [-0.15, -0.1) is 0 Å². The van der Waals surface area contributed by atoms with Crippen LogP contribution in [0.4, 0.5) is 41.3 Å². The Kier molecular flexibility index (Phi) is 17.7. The van der Waals surface area contributed by atoms with E-state index in [1.807, 2.05) is 17.4 Å². The summed E-state index contributed by atoms with van der Waals surface area (Å²) in [6.07, 6.45) is -2.71. The van der Waals surface area contributed by atoms with Gasteiger partial charge in [0.25, 0.3) is 0 Å². The van der Waals surface area contributed by atoms with Crippen LogP contribution in [0.1, 0.15) is 54.5 Å². The summed E-state index contributed by atoms with van der Waals surface area (Å²) in [5.74, 6) is 3.54. The van der Waals surface area contributed by atoms with E-state index in [9.17, 15) is 36.6 Å². The molecule has 5 rings (SSSR count). The highest BCUT2D eigenvalue weighted by atomic mass is 19.4. The van der Waals surface area contributed by atoms with E-state index in [1.54, 1.807) is 30.5 Å². The van der Waals surface area contributed by atoms with Crippen LogP contribution in [0.5, 0.6) is 0 Å². The highest BCUT2D eigenvalue weighted by Gasteiger charge is 2.56. The Bertz CT molecular complexity index is 2160. The Hall–Kier alpha value is -5.75. The summed E-state index contributed by atoms with van der Waals surface area (Å²) in [5.41, 5.74) is 3.55. The first-order valence-corrected chi connectivity index (χ1v) is 20.9. The first-order valence-electron chi connectivity index (χ1n) is 20.9. The number of nitrogens with zero attached hydrogens (tertiary/aromatic N) is 4. The number of hydrogen-bond acceptors (Lipinski definition) is 11. The number of aliphatic imine (C=N–C) groups is 1. The summed E-state index contributed by atoms with van der Waals surface area (Å²) in [6, 6.07) is 9.21. The van der Waals surface area contributed by atoms with E-state index in [2.05, 4.69) is 47.0 Å². The lowest BCUT2D eigenvalue weighted by molar-refractivity contribution is -0.220. The number of allylic oxidation sites excluding steroid dienone is 1. The van der Waals surface area contributed by atoms with Crippen molar-refractivity contribution in [1.29, 1.82) is 0 Å². The zero-order chi connectivity index (χ0) is 47.3. The smallest absolute Gasteiger partial charge is 0.407 e. The van der Waals surface area contributed by atoms with Crippen molar-refractivity contribution >= 4 is 29.6 Å². The van der Waals surface area contributed by atoms with Gasteiger partial charge in [0.2, 0.25) is 5.91 Å². The second-order valence-corrected chi connectivity index (χ2v) is 16.1. The molecule has 2 aliphatic heterocycles. The molecule has 65 heavy (non-hydrogen) atoms. The van der Waals surface area contributed by atoms with E-state index in [4.69, 9.17) is 10.5 Å². The van der Waals surface area contributed by atoms with E-state index in [1.165, 1.54) is 0 Å². The number of amides is 2. The van der Waals surface area contributed by atoms with Crippen LogP contribution < -0.4 is 26.6 Å². The number of pyridine rings is 1. The topological polar surface area (TPSA) is 167 Å². The Morgan fingerprint density at radius 3 is 2.20 bits per heavy atom. The van der Waals surface area contributed by atoms with Crippen molar-refractivity contribution < 1.29 is 54.9 Å². The lowest BCUT2D eigenvalue weighted by Gasteiger charge is -2.41. The molecule has 0 radical (unpaired) electrons. The molecule has 352 valence electrons. The fourth-order valence-corrected chi connectivity index (χ4v) is 7.38. The summed E-state index contributed by atoms with van der Waals surface area (Å²) >= 11 is 0. The molecule has 2 saturated heterocycles. The van der Waals surface area contributed by atoms with Gasteiger partial charge in [-0.1, -0.05) is 24.0 Å². The van der Waals surface area contributed by atoms with Gasteiger partial charge in [-0.3, -0.25) is 9.69 Å². The number of alkyl halides is 5. The quantitative estimate of drug-likeness (QED) is 0.0562. The maximum Gasteiger partial charge on any atom is 0.407 e. The first kappa shape index (κ1) is 50.3. The summed E-state index contributed by atoms with van der Waals surface area (Å²) < 4.78 is 108. The molecule has 0 spiro atoms. The minimum absolute atomic E-state index is 0.153. The van der Waals surface area contributed by atoms with E-state index in [0.29, 0.717) is 42.8 Å². The standard InChI is InChI=1S/C45H53F7N8O5/c1-44(2,45(50,51)52)40(58-43(63)64-3)41(62)57-37(38(61)27-54-26-34-35(46)21-31(22-36(34)47)32(23-53)25-56-42(48)49)20-29-7-4-28(5-8-29)6-9-30-10-11-39(55-24-30)60-16-14-59(15-17-60)33-12-18-65-19-13-33/h4-5,7-8,10-11,21-25,33,37-38,40,42,54,61H,12-20,26-27,53H2,1-3H3,(H,57,62)(H,58,63)/t37-,38-,40+/m0/s1. The summed E-state index contributed by atoms with van der Waals surface area (Å²) in [7, 11) is 0.913. The summed E-state index contributed by atoms with van der Waals surface area (Å²) in [4.78, 5) is 38.0. The molecule has 0 unspecified atom stereocenters. The molecule has 2 fully saturated rings. The zero-order valence-corrected chi connectivity index (χ0v) is 36.1. The van der Waals surface area contributed by atoms with Crippen molar-refractivity contribution in [3.05, 3.63) is 100 Å². The van der Waals surface area contributed by atoms with Gasteiger partial charge in [-0.25, -0.2) is 23.6 Å². The van der Waals surface area contributed by atoms with Crippen LogP contribution >= 0.6 is 0 Å². The fourth-order valence-electron chi connectivity index (χ4n) is 7.38. The van der Waals surface area contributed by atoms with Gasteiger partial charge >= 0.3 is 18.8 Å². The second-order valence-electron chi connectivity index (χ2n) is 16.1. The van der Waals surface area contributed by atoms with E-state index in [-0.39, 0.29) is 17.6 Å². The number of aliphatic hydroxyl groups excluding tert-OH is 1. The number of rotatable bonds is 16.